The number of fused-ring (bicyclic) bond motifs is 1. The van der Waals surface area contributed by atoms with Gasteiger partial charge in [-0.3, -0.25) is 0 Å². The van der Waals surface area contributed by atoms with Crippen LogP contribution in [-0.4, -0.2) is 27.2 Å². The van der Waals surface area contributed by atoms with Crippen molar-refractivity contribution < 1.29 is 17.9 Å². The van der Waals surface area contributed by atoms with Gasteiger partial charge >= 0.3 is 0 Å². The number of benzene rings is 2. The van der Waals surface area contributed by atoms with Crippen LogP contribution in [0.2, 0.25) is 0 Å². The predicted molar refractivity (Wildman–Crippen MR) is 107 cm³/mol. The molecule has 8 heteroatoms. The van der Waals surface area contributed by atoms with E-state index < -0.39 is 10.0 Å². The maximum atomic E-state index is 12.7. The summed E-state index contributed by atoms with van der Waals surface area (Å²) in [4.78, 5) is 0.520. The standard InChI is InChI=1S/C19H20N2O4S2/c1-5-10-21-15-11-16(24-3)17(25-4)12-18(15)26-19(21)20-27(22,23)14-8-6-13(2)7-9-14/h5-9,11-12H,1,10H2,2-4H3. The molecule has 3 rings (SSSR count). The Balaban J connectivity index is 2.26. The van der Waals surface area contributed by atoms with Crippen molar-refractivity contribution in [1.29, 1.82) is 0 Å². The van der Waals surface area contributed by atoms with Gasteiger partial charge in [0.15, 0.2) is 11.5 Å². The van der Waals surface area contributed by atoms with Crippen molar-refractivity contribution in [2.75, 3.05) is 14.2 Å². The van der Waals surface area contributed by atoms with E-state index in [1.165, 1.54) is 11.3 Å². The minimum atomic E-state index is -3.83. The molecule has 3 aromatic rings. The molecule has 0 saturated carbocycles. The summed E-state index contributed by atoms with van der Waals surface area (Å²) in [5.41, 5.74) is 1.78. The molecule has 0 fully saturated rings. The highest BCUT2D eigenvalue weighted by Crippen LogP contribution is 2.33. The van der Waals surface area contributed by atoms with Crippen LogP contribution in [0.25, 0.3) is 10.2 Å². The van der Waals surface area contributed by atoms with Crippen molar-refractivity contribution in [1.82, 2.24) is 4.57 Å². The maximum absolute atomic E-state index is 12.7. The summed E-state index contributed by atoms with van der Waals surface area (Å²) < 4.78 is 42.9. The van der Waals surface area contributed by atoms with Crippen LogP contribution in [-0.2, 0) is 16.6 Å². The third-order valence-corrected chi connectivity index (χ3v) is 6.45. The zero-order chi connectivity index (χ0) is 19.6. The van der Waals surface area contributed by atoms with E-state index in [0.717, 1.165) is 15.8 Å². The topological polar surface area (TPSA) is 69.9 Å². The lowest BCUT2D eigenvalue weighted by molar-refractivity contribution is 0.355. The second-order valence-electron chi connectivity index (χ2n) is 5.84. The first-order valence-corrected chi connectivity index (χ1v) is 10.4. The van der Waals surface area contributed by atoms with Gasteiger partial charge in [-0.25, -0.2) is 0 Å². The molecule has 1 heterocycles. The first-order chi connectivity index (χ1) is 12.9. The molecule has 27 heavy (non-hydrogen) atoms. The molecule has 142 valence electrons. The van der Waals surface area contributed by atoms with Gasteiger partial charge in [-0.05, 0) is 19.1 Å². The van der Waals surface area contributed by atoms with Crippen LogP contribution in [0.5, 0.6) is 11.5 Å². The largest absolute Gasteiger partial charge is 0.493 e. The van der Waals surface area contributed by atoms with Gasteiger partial charge in [0, 0.05) is 18.7 Å². The average molecular weight is 405 g/mol. The first-order valence-electron chi connectivity index (χ1n) is 8.13. The van der Waals surface area contributed by atoms with E-state index in [9.17, 15) is 8.42 Å². The number of aryl methyl sites for hydroxylation is 1. The van der Waals surface area contributed by atoms with Gasteiger partial charge < -0.3 is 14.0 Å². The number of thiazole rings is 1. The number of hydrogen-bond donors (Lipinski definition) is 0. The van der Waals surface area contributed by atoms with Crippen molar-refractivity contribution in [2.24, 2.45) is 4.40 Å². The molecular weight excluding hydrogens is 384 g/mol. The fourth-order valence-corrected chi connectivity index (χ4v) is 4.89. The van der Waals surface area contributed by atoms with Crippen molar-refractivity contribution >= 4 is 31.6 Å². The number of aromatic nitrogens is 1. The summed E-state index contributed by atoms with van der Waals surface area (Å²) in [6.45, 7) is 6.08. The summed E-state index contributed by atoms with van der Waals surface area (Å²) in [6.07, 6.45) is 1.69. The van der Waals surface area contributed by atoms with Crippen molar-refractivity contribution in [2.45, 2.75) is 18.4 Å². The Bertz CT molecular complexity index is 1160. The minimum Gasteiger partial charge on any atom is -0.493 e. The Morgan fingerprint density at radius 3 is 2.37 bits per heavy atom. The summed E-state index contributed by atoms with van der Waals surface area (Å²) in [7, 11) is -0.718. The van der Waals surface area contributed by atoms with Gasteiger partial charge in [0.1, 0.15) is 0 Å². The normalized spacial score (nSPS) is 12.3. The molecule has 0 bridgehead atoms. The van der Waals surface area contributed by atoms with Gasteiger partial charge in [0.2, 0.25) is 4.80 Å². The minimum absolute atomic E-state index is 0.158. The van der Waals surface area contributed by atoms with Crippen LogP contribution in [0, 0.1) is 6.92 Å². The van der Waals surface area contributed by atoms with Crippen LogP contribution in [0.1, 0.15) is 5.56 Å². The second-order valence-corrected chi connectivity index (χ2v) is 8.45. The van der Waals surface area contributed by atoms with E-state index in [0.29, 0.717) is 22.8 Å². The lowest BCUT2D eigenvalue weighted by Crippen LogP contribution is -2.16. The van der Waals surface area contributed by atoms with Gasteiger partial charge in [0.25, 0.3) is 10.0 Å². The monoisotopic (exact) mass is 404 g/mol. The van der Waals surface area contributed by atoms with Crippen LogP contribution in [0.15, 0.2) is 58.3 Å². The van der Waals surface area contributed by atoms with E-state index in [2.05, 4.69) is 11.0 Å². The number of nitrogens with zero attached hydrogens (tertiary/aromatic N) is 2. The Kier molecular flexibility index (Phi) is 5.38. The molecule has 0 N–H and O–H groups in total. The lowest BCUT2D eigenvalue weighted by Gasteiger charge is -2.08. The molecule has 0 saturated heterocycles. The Hall–Kier alpha value is -2.58. The number of methoxy groups -OCH3 is 2. The summed E-state index contributed by atoms with van der Waals surface area (Å²) in [6, 6.07) is 10.3. The molecule has 0 aliphatic heterocycles. The molecule has 0 spiro atoms. The van der Waals surface area contributed by atoms with E-state index in [1.807, 2.05) is 19.1 Å². The Morgan fingerprint density at radius 2 is 1.78 bits per heavy atom. The zero-order valence-corrected chi connectivity index (χ0v) is 16.9. The summed E-state index contributed by atoms with van der Waals surface area (Å²) in [5, 5.41) is 0. The van der Waals surface area contributed by atoms with Gasteiger partial charge in [-0.1, -0.05) is 35.1 Å². The quantitative estimate of drug-likeness (QED) is 0.590. The predicted octanol–water partition coefficient (Wildman–Crippen LogP) is 3.50. The smallest absolute Gasteiger partial charge is 0.285 e. The highest BCUT2D eigenvalue weighted by atomic mass is 32.2. The Morgan fingerprint density at radius 1 is 1.15 bits per heavy atom. The van der Waals surface area contributed by atoms with E-state index in [4.69, 9.17) is 9.47 Å². The van der Waals surface area contributed by atoms with E-state index in [1.54, 1.807) is 49.1 Å². The molecular formula is C19H20N2O4S2. The fourth-order valence-electron chi connectivity index (χ4n) is 2.64. The molecule has 0 amide bonds. The van der Waals surface area contributed by atoms with Gasteiger partial charge in [0.05, 0.1) is 29.3 Å². The molecule has 1 aromatic heterocycles. The molecule has 0 aliphatic rings. The van der Waals surface area contributed by atoms with Crippen molar-refractivity contribution in [3.8, 4) is 11.5 Å². The molecule has 0 atom stereocenters. The zero-order valence-electron chi connectivity index (χ0n) is 15.3. The van der Waals surface area contributed by atoms with Gasteiger partial charge in [-0.2, -0.15) is 8.42 Å². The Labute approximate surface area is 162 Å². The maximum Gasteiger partial charge on any atom is 0.285 e. The van der Waals surface area contributed by atoms with Gasteiger partial charge in [-0.15, -0.1) is 11.0 Å². The molecule has 2 aromatic carbocycles. The highest BCUT2D eigenvalue weighted by Gasteiger charge is 2.16. The number of rotatable bonds is 6. The number of sulfonamides is 1. The number of ether oxygens (including phenoxy) is 2. The molecule has 0 radical (unpaired) electrons. The first kappa shape index (κ1) is 19.2. The summed E-state index contributed by atoms with van der Waals surface area (Å²) in [5.74, 6) is 1.14. The SMILES string of the molecule is C=CCn1c(=NS(=O)(=O)c2ccc(C)cc2)sc2cc(OC)c(OC)cc21. The summed E-state index contributed by atoms with van der Waals surface area (Å²) >= 11 is 1.27. The van der Waals surface area contributed by atoms with Crippen LogP contribution in [0.3, 0.4) is 0 Å². The van der Waals surface area contributed by atoms with Crippen molar-refractivity contribution in [3.05, 3.63) is 59.4 Å². The number of hydrogen-bond acceptors (Lipinski definition) is 5. The third kappa shape index (κ3) is 3.77. The fraction of sp³-hybridized carbons (Fsp3) is 0.211. The highest BCUT2D eigenvalue weighted by molar-refractivity contribution is 7.90. The molecule has 0 aliphatic carbocycles. The second kappa shape index (κ2) is 7.58. The third-order valence-electron chi connectivity index (χ3n) is 4.02. The van der Waals surface area contributed by atoms with Crippen LogP contribution < -0.4 is 14.3 Å². The lowest BCUT2D eigenvalue weighted by atomic mass is 10.2. The molecule has 0 unspecified atom stereocenters. The van der Waals surface area contributed by atoms with E-state index >= 15 is 0 Å². The van der Waals surface area contributed by atoms with Crippen molar-refractivity contribution in [3.63, 3.8) is 0 Å². The van der Waals surface area contributed by atoms with E-state index in [-0.39, 0.29) is 4.90 Å². The average Bonchev–Trinajstić information content (AvgIpc) is 2.96. The molecule has 6 nitrogen and oxygen atoms in total. The number of allylic oxidation sites excluding steroid dienone is 1. The van der Waals surface area contributed by atoms with Crippen LogP contribution >= 0.6 is 11.3 Å². The van der Waals surface area contributed by atoms with Crippen LogP contribution in [0.4, 0.5) is 0 Å².